The summed E-state index contributed by atoms with van der Waals surface area (Å²) in [6, 6.07) is 15.0. The van der Waals surface area contributed by atoms with Crippen LogP contribution >= 0.6 is 0 Å². The molecule has 1 aliphatic heterocycles. The topological polar surface area (TPSA) is 78.1 Å². The van der Waals surface area contributed by atoms with Crippen LogP contribution in [-0.4, -0.2) is 42.5 Å². The van der Waals surface area contributed by atoms with E-state index in [2.05, 4.69) is 59.0 Å². The largest absolute Gasteiger partial charge is 0.372 e. The fraction of sp³-hybridized carbons (Fsp3) is 0.517. The van der Waals surface area contributed by atoms with E-state index in [1.165, 1.54) is 23.2 Å². The summed E-state index contributed by atoms with van der Waals surface area (Å²) in [5.74, 6) is 1.93. The summed E-state index contributed by atoms with van der Waals surface area (Å²) in [5.41, 5.74) is 3.82. The van der Waals surface area contributed by atoms with Gasteiger partial charge >= 0.3 is 0 Å². The van der Waals surface area contributed by atoms with Gasteiger partial charge < -0.3 is 21.3 Å². The summed E-state index contributed by atoms with van der Waals surface area (Å²) in [6.45, 7) is 10.5. The van der Waals surface area contributed by atoms with Gasteiger partial charge in [-0.2, -0.15) is 0 Å². The Morgan fingerprint density at radius 3 is 2.71 bits per heavy atom. The Morgan fingerprint density at radius 1 is 1.09 bits per heavy atom. The molecule has 0 amide bonds. The molecule has 0 radical (unpaired) electrons. The lowest BCUT2D eigenvalue weighted by molar-refractivity contribution is -0.119. The third-order valence-corrected chi connectivity index (χ3v) is 6.63. The number of nitrogens with one attached hydrogen (secondary N) is 4. The molecule has 1 aliphatic rings. The Morgan fingerprint density at radius 2 is 1.91 bits per heavy atom. The van der Waals surface area contributed by atoms with E-state index in [9.17, 15) is 4.79 Å². The lowest BCUT2D eigenvalue weighted by Gasteiger charge is -2.21. The van der Waals surface area contributed by atoms with Gasteiger partial charge in [-0.1, -0.05) is 49.4 Å². The summed E-state index contributed by atoms with van der Waals surface area (Å²) in [4.78, 5) is 16.9. The molecule has 1 aromatic carbocycles. The van der Waals surface area contributed by atoms with E-state index in [0.717, 1.165) is 70.4 Å². The highest BCUT2D eigenvalue weighted by molar-refractivity contribution is 5.81. The van der Waals surface area contributed by atoms with E-state index in [4.69, 9.17) is 4.98 Å². The number of anilines is 1. The van der Waals surface area contributed by atoms with Crippen molar-refractivity contribution in [2.24, 2.45) is 0 Å². The molecule has 0 saturated heterocycles. The van der Waals surface area contributed by atoms with Crippen molar-refractivity contribution < 1.29 is 4.79 Å². The second kappa shape index (κ2) is 14.5. The van der Waals surface area contributed by atoms with Gasteiger partial charge in [0.15, 0.2) is 5.78 Å². The Labute approximate surface area is 211 Å². The first-order valence-corrected chi connectivity index (χ1v) is 13.2. The Hall–Kier alpha value is -2.86. The zero-order valence-corrected chi connectivity index (χ0v) is 21.5. The van der Waals surface area contributed by atoms with Gasteiger partial charge in [-0.15, -0.1) is 0 Å². The molecule has 2 unspecified atom stereocenters. The number of nitrogens with zero attached hydrogens (tertiary/aromatic N) is 1. The maximum absolute atomic E-state index is 12.1. The van der Waals surface area contributed by atoms with Gasteiger partial charge in [0.05, 0.1) is 11.9 Å². The molecule has 0 spiro atoms. The van der Waals surface area contributed by atoms with E-state index in [1.54, 1.807) is 6.92 Å². The van der Waals surface area contributed by atoms with E-state index in [0.29, 0.717) is 11.9 Å². The number of aryl methyl sites for hydroxylation is 2. The molecule has 0 bridgehead atoms. The van der Waals surface area contributed by atoms with Crippen LogP contribution in [0.3, 0.4) is 0 Å². The number of Topliss-reactive ketones (excluding diaryl/α,β-unsaturated/α-hetero) is 1. The average Bonchev–Trinajstić information content (AvgIpc) is 2.86. The number of hydrogen-bond donors (Lipinski definition) is 4. The van der Waals surface area contributed by atoms with Crippen LogP contribution in [0.25, 0.3) is 0 Å². The molecule has 0 aliphatic carbocycles. The third kappa shape index (κ3) is 9.73. The number of carbonyl (C=O) groups is 1. The average molecular weight is 478 g/mol. The molecule has 0 fully saturated rings. The second-order valence-corrected chi connectivity index (χ2v) is 9.68. The highest BCUT2D eigenvalue weighted by Crippen LogP contribution is 2.20. The summed E-state index contributed by atoms with van der Waals surface area (Å²) >= 11 is 0. The van der Waals surface area contributed by atoms with Gasteiger partial charge in [0.2, 0.25) is 0 Å². The normalized spacial score (nSPS) is 14.3. The first-order chi connectivity index (χ1) is 17.0. The molecule has 2 atom stereocenters. The van der Waals surface area contributed by atoms with Crippen LogP contribution in [0.15, 0.2) is 54.9 Å². The summed E-state index contributed by atoms with van der Waals surface area (Å²) in [6.07, 6.45) is 8.45. The minimum Gasteiger partial charge on any atom is -0.372 e. The zero-order valence-electron chi connectivity index (χ0n) is 21.5. The number of pyridine rings is 1. The Balaban J connectivity index is 1.27. The van der Waals surface area contributed by atoms with Crippen LogP contribution in [0.1, 0.15) is 62.8 Å². The molecule has 1 aromatic heterocycles. The molecule has 0 saturated carbocycles. The number of aromatic nitrogens is 1. The van der Waals surface area contributed by atoms with Crippen LogP contribution in [0, 0.1) is 0 Å². The van der Waals surface area contributed by atoms with Gasteiger partial charge in [0.25, 0.3) is 0 Å². The van der Waals surface area contributed by atoms with Gasteiger partial charge in [-0.05, 0) is 82.5 Å². The number of fused-ring (bicyclic) bond motifs is 1. The first kappa shape index (κ1) is 26.7. The van der Waals surface area contributed by atoms with Gasteiger partial charge in [-0.3, -0.25) is 4.79 Å². The van der Waals surface area contributed by atoms with Crippen LogP contribution < -0.4 is 21.3 Å². The summed E-state index contributed by atoms with van der Waals surface area (Å²) in [5, 5.41) is 13.6. The second-order valence-electron chi connectivity index (χ2n) is 9.68. The number of rotatable bonds is 16. The van der Waals surface area contributed by atoms with Crippen molar-refractivity contribution in [2.45, 2.75) is 77.3 Å². The van der Waals surface area contributed by atoms with Gasteiger partial charge in [0, 0.05) is 24.8 Å². The van der Waals surface area contributed by atoms with Crippen molar-refractivity contribution in [1.82, 2.24) is 20.9 Å². The first-order valence-electron chi connectivity index (χ1n) is 13.2. The lowest BCUT2D eigenvalue weighted by Crippen LogP contribution is -2.42. The van der Waals surface area contributed by atoms with Crippen molar-refractivity contribution in [1.29, 1.82) is 0 Å². The fourth-order valence-corrected chi connectivity index (χ4v) is 4.48. The molecule has 35 heavy (non-hydrogen) atoms. The highest BCUT2D eigenvalue weighted by atomic mass is 16.1. The predicted octanol–water partition coefficient (Wildman–Crippen LogP) is 4.37. The van der Waals surface area contributed by atoms with E-state index in [-0.39, 0.29) is 11.8 Å². The Kier molecular flexibility index (Phi) is 11.1. The maximum Gasteiger partial charge on any atom is 0.152 e. The van der Waals surface area contributed by atoms with Crippen molar-refractivity contribution in [2.75, 3.05) is 25.0 Å². The third-order valence-electron chi connectivity index (χ3n) is 6.63. The van der Waals surface area contributed by atoms with Crippen molar-refractivity contribution in [3.05, 3.63) is 71.7 Å². The van der Waals surface area contributed by atoms with E-state index >= 15 is 0 Å². The smallest absolute Gasteiger partial charge is 0.152 e. The number of carbonyl (C=O) groups excluding carboxylic acids is 1. The van der Waals surface area contributed by atoms with Gasteiger partial charge in [-0.25, -0.2) is 4.98 Å². The molecule has 6 nitrogen and oxygen atoms in total. The van der Waals surface area contributed by atoms with Crippen LogP contribution in [0.2, 0.25) is 0 Å². The molecule has 2 aromatic rings. The standard InChI is InChI=1S/C29H43N5O/c1-22(10-7-8-14-27-16-15-26-13-9-19-32-29(26)34-27)30-21-18-28(23(2)35)33-24(3)31-20-17-25-11-5-4-6-12-25/h4-6,11-12,15-16,22,28,30-31,33H,3,7-10,13-14,17-21H2,1-2H3,(H,32,34). The van der Waals surface area contributed by atoms with Crippen molar-refractivity contribution in [3.63, 3.8) is 0 Å². The lowest BCUT2D eigenvalue weighted by atomic mass is 10.0. The molecule has 6 heteroatoms. The highest BCUT2D eigenvalue weighted by Gasteiger charge is 2.15. The maximum atomic E-state index is 12.1. The van der Waals surface area contributed by atoms with Crippen LogP contribution in [0.4, 0.5) is 5.82 Å². The van der Waals surface area contributed by atoms with Crippen LogP contribution in [-0.2, 0) is 24.1 Å². The summed E-state index contributed by atoms with van der Waals surface area (Å²) in [7, 11) is 0. The molecule has 190 valence electrons. The summed E-state index contributed by atoms with van der Waals surface area (Å²) < 4.78 is 0. The zero-order chi connectivity index (χ0) is 24.9. The minimum absolute atomic E-state index is 0.137. The van der Waals surface area contributed by atoms with E-state index in [1.807, 2.05) is 18.2 Å². The van der Waals surface area contributed by atoms with Gasteiger partial charge in [0.1, 0.15) is 5.82 Å². The fourth-order valence-electron chi connectivity index (χ4n) is 4.48. The number of unbranched alkanes of at least 4 members (excludes halogenated alkanes) is 1. The van der Waals surface area contributed by atoms with Crippen molar-refractivity contribution >= 4 is 11.6 Å². The molecular formula is C29H43N5O. The molecule has 4 N–H and O–H groups in total. The number of ketones is 1. The number of benzene rings is 1. The van der Waals surface area contributed by atoms with E-state index < -0.39 is 0 Å². The number of hydrogen-bond acceptors (Lipinski definition) is 6. The molecule has 3 rings (SSSR count). The van der Waals surface area contributed by atoms with Crippen molar-refractivity contribution in [3.8, 4) is 0 Å². The SMILES string of the molecule is C=C(NCCc1ccccc1)NC(CCNC(C)CCCCc1ccc2c(n1)NCCC2)C(C)=O. The molecule has 2 heterocycles. The Bertz CT molecular complexity index is 930. The predicted molar refractivity (Wildman–Crippen MR) is 146 cm³/mol. The molecular weight excluding hydrogens is 434 g/mol. The monoisotopic (exact) mass is 477 g/mol. The minimum atomic E-state index is -0.227. The van der Waals surface area contributed by atoms with Crippen LogP contribution in [0.5, 0.6) is 0 Å². The quantitative estimate of drug-likeness (QED) is 0.269.